The van der Waals surface area contributed by atoms with Crippen LogP contribution in [-0.4, -0.2) is 42.0 Å². The van der Waals surface area contributed by atoms with Crippen LogP contribution in [0, 0.1) is 0 Å². The average Bonchev–Trinajstić information content (AvgIpc) is 2.09. The Kier molecular flexibility index (Phi) is 5.97. The minimum Gasteiger partial charge on any atom is -0.351 e. The Balaban J connectivity index is 4.28. The van der Waals surface area contributed by atoms with Gasteiger partial charge in [0.1, 0.15) is 0 Å². The van der Waals surface area contributed by atoms with Crippen molar-refractivity contribution >= 4 is 5.91 Å². The maximum absolute atomic E-state index is 11.8. The second-order valence-corrected chi connectivity index (χ2v) is 5.65. The summed E-state index contributed by atoms with van der Waals surface area (Å²) in [4.78, 5) is 13.9. The van der Waals surface area contributed by atoms with E-state index in [9.17, 15) is 4.79 Å². The van der Waals surface area contributed by atoms with Gasteiger partial charge in [-0.25, -0.2) is 0 Å². The van der Waals surface area contributed by atoms with Gasteiger partial charge >= 0.3 is 0 Å². The van der Waals surface area contributed by atoms with Crippen LogP contribution in [0.25, 0.3) is 0 Å². The highest BCUT2D eigenvalue weighted by Crippen LogP contribution is 2.07. The summed E-state index contributed by atoms with van der Waals surface area (Å²) in [6, 6.07) is 0.512. The summed E-state index contributed by atoms with van der Waals surface area (Å²) >= 11 is 0. The molecule has 16 heavy (non-hydrogen) atoms. The molecular weight excluding hydrogens is 202 g/mol. The van der Waals surface area contributed by atoms with E-state index in [2.05, 4.69) is 24.1 Å². The highest BCUT2D eigenvalue weighted by Gasteiger charge is 2.21. The van der Waals surface area contributed by atoms with Crippen LogP contribution in [0.1, 0.15) is 41.0 Å². The molecule has 96 valence electrons. The average molecular weight is 229 g/mol. The van der Waals surface area contributed by atoms with Crippen LogP contribution >= 0.6 is 0 Å². The van der Waals surface area contributed by atoms with Gasteiger partial charge in [-0.1, -0.05) is 0 Å². The number of rotatable bonds is 5. The first-order valence-corrected chi connectivity index (χ1v) is 5.90. The third kappa shape index (κ3) is 6.08. The van der Waals surface area contributed by atoms with Gasteiger partial charge in [0.15, 0.2) is 0 Å². The monoisotopic (exact) mass is 229 g/mol. The summed E-state index contributed by atoms with van der Waals surface area (Å²) in [5, 5.41) is 2.96. The summed E-state index contributed by atoms with van der Waals surface area (Å²) < 4.78 is 0. The van der Waals surface area contributed by atoms with E-state index in [0.717, 1.165) is 0 Å². The van der Waals surface area contributed by atoms with Gasteiger partial charge in [0.25, 0.3) is 0 Å². The van der Waals surface area contributed by atoms with Crippen LogP contribution in [0.3, 0.4) is 0 Å². The van der Waals surface area contributed by atoms with Crippen molar-refractivity contribution in [1.82, 2.24) is 10.2 Å². The Bertz CT molecular complexity index is 221. The molecule has 0 aliphatic rings. The topological polar surface area (TPSA) is 58.4 Å². The third-order valence-electron chi connectivity index (χ3n) is 2.60. The zero-order valence-corrected chi connectivity index (χ0v) is 11.5. The lowest BCUT2D eigenvalue weighted by atomic mass is 10.1. The second-order valence-electron chi connectivity index (χ2n) is 5.65. The third-order valence-corrected chi connectivity index (χ3v) is 2.60. The largest absolute Gasteiger partial charge is 0.351 e. The molecular formula is C12H27N3O. The van der Waals surface area contributed by atoms with Crippen molar-refractivity contribution in [1.29, 1.82) is 0 Å². The molecule has 1 unspecified atom stereocenters. The van der Waals surface area contributed by atoms with Crippen molar-refractivity contribution in [3.05, 3.63) is 0 Å². The molecule has 0 aromatic heterocycles. The normalized spacial score (nSPS) is 14.3. The minimum absolute atomic E-state index is 0.0652. The summed E-state index contributed by atoms with van der Waals surface area (Å²) in [5.74, 6) is 0.0652. The Labute approximate surface area is 99.6 Å². The molecule has 0 saturated carbocycles. The van der Waals surface area contributed by atoms with Gasteiger partial charge in [-0.05, 0) is 41.7 Å². The van der Waals surface area contributed by atoms with Crippen molar-refractivity contribution in [2.24, 2.45) is 5.73 Å². The molecule has 0 aliphatic carbocycles. The van der Waals surface area contributed by atoms with E-state index >= 15 is 0 Å². The lowest BCUT2D eigenvalue weighted by molar-refractivity contribution is -0.123. The number of likely N-dealkylation sites (N-methyl/N-ethyl adjacent to an activating group) is 1. The predicted molar refractivity (Wildman–Crippen MR) is 68.3 cm³/mol. The van der Waals surface area contributed by atoms with Crippen LogP contribution in [0.5, 0.6) is 0 Å². The van der Waals surface area contributed by atoms with Crippen LogP contribution in [0.15, 0.2) is 0 Å². The number of nitrogens with one attached hydrogen (secondary N) is 1. The Hall–Kier alpha value is -0.610. The van der Waals surface area contributed by atoms with E-state index in [1.165, 1.54) is 0 Å². The SMILES string of the molecule is CC(C)N(C)C(CN)CC(=O)NC(C)(C)C. The summed E-state index contributed by atoms with van der Waals surface area (Å²) in [6.45, 7) is 10.7. The van der Waals surface area contributed by atoms with Crippen LogP contribution in [0.4, 0.5) is 0 Å². The lowest BCUT2D eigenvalue weighted by Gasteiger charge is -2.31. The van der Waals surface area contributed by atoms with Crippen molar-refractivity contribution in [2.75, 3.05) is 13.6 Å². The lowest BCUT2D eigenvalue weighted by Crippen LogP contribution is -2.48. The number of amides is 1. The molecule has 3 N–H and O–H groups in total. The molecule has 0 aromatic rings. The van der Waals surface area contributed by atoms with Gasteiger partial charge in [-0.2, -0.15) is 0 Å². The summed E-state index contributed by atoms with van der Waals surface area (Å²) in [6.07, 6.45) is 0.461. The van der Waals surface area contributed by atoms with Crippen molar-refractivity contribution in [3.63, 3.8) is 0 Å². The van der Waals surface area contributed by atoms with Crippen molar-refractivity contribution < 1.29 is 4.79 Å². The fraction of sp³-hybridized carbons (Fsp3) is 0.917. The van der Waals surface area contributed by atoms with Crippen LogP contribution in [-0.2, 0) is 4.79 Å². The number of nitrogens with zero attached hydrogens (tertiary/aromatic N) is 1. The van der Waals surface area contributed by atoms with Gasteiger partial charge in [0.05, 0.1) is 0 Å². The Morgan fingerprint density at radius 3 is 2.19 bits per heavy atom. The van der Waals surface area contributed by atoms with Gasteiger partial charge < -0.3 is 11.1 Å². The molecule has 1 amide bonds. The van der Waals surface area contributed by atoms with Crippen LogP contribution in [0.2, 0.25) is 0 Å². The van der Waals surface area contributed by atoms with Gasteiger partial charge in [0.2, 0.25) is 5.91 Å². The van der Waals surface area contributed by atoms with E-state index in [0.29, 0.717) is 19.0 Å². The molecule has 0 heterocycles. The molecule has 0 aromatic carbocycles. The maximum atomic E-state index is 11.8. The molecule has 0 fully saturated rings. The zero-order chi connectivity index (χ0) is 12.9. The van der Waals surface area contributed by atoms with Crippen molar-refractivity contribution in [2.45, 2.75) is 58.7 Å². The van der Waals surface area contributed by atoms with E-state index < -0.39 is 0 Å². The molecule has 0 spiro atoms. The number of carbonyl (C=O) groups excluding carboxylic acids is 1. The highest BCUT2D eigenvalue weighted by atomic mass is 16.1. The molecule has 4 heteroatoms. The van der Waals surface area contributed by atoms with Gasteiger partial charge in [-0.15, -0.1) is 0 Å². The fourth-order valence-electron chi connectivity index (χ4n) is 1.50. The first-order valence-electron chi connectivity index (χ1n) is 5.90. The molecule has 0 radical (unpaired) electrons. The number of carbonyl (C=O) groups is 1. The molecule has 0 aliphatic heterocycles. The standard InChI is InChI=1S/C12H27N3O/c1-9(2)15(6)10(8-13)7-11(16)14-12(3,4)5/h9-10H,7-8,13H2,1-6H3,(H,14,16). The highest BCUT2D eigenvalue weighted by molar-refractivity contribution is 5.77. The maximum Gasteiger partial charge on any atom is 0.222 e. The van der Waals surface area contributed by atoms with E-state index in [4.69, 9.17) is 5.73 Å². The summed E-state index contributed by atoms with van der Waals surface area (Å²) in [5.41, 5.74) is 5.53. The summed E-state index contributed by atoms with van der Waals surface area (Å²) in [7, 11) is 2.01. The fourth-order valence-corrected chi connectivity index (χ4v) is 1.50. The smallest absolute Gasteiger partial charge is 0.222 e. The van der Waals surface area contributed by atoms with Gasteiger partial charge in [0, 0.05) is 30.6 Å². The van der Waals surface area contributed by atoms with E-state index in [1.807, 2.05) is 27.8 Å². The number of nitrogens with two attached hydrogens (primary N) is 1. The Morgan fingerprint density at radius 2 is 1.88 bits per heavy atom. The molecule has 0 rings (SSSR count). The number of hydrogen-bond donors (Lipinski definition) is 2. The van der Waals surface area contributed by atoms with Crippen molar-refractivity contribution in [3.8, 4) is 0 Å². The molecule has 0 saturated heterocycles. The minimum atomic E-state index is -0.174. The predicted octanol–water partition coefficient (Wildman–Crippen LogP) is 0.959. The number of hydrogen-bond acceptors (Lipinski definition) is 3. The molecule has 4 nitrogen and oxygen atoms in total. The first-order chi connectivity index (χ1) is 7.17. The first kappa shape index (κ1) is 15.4. The Morgan fingerprint density at radius 1 is 1.38 bits per heavy atom. The molecule has 1 atom stereocenters. The second kappa shape index (κ2) is 6.21. The quantitative estimate of drug-likeness (QED) is 0.738. The van der Waals surface area contributed by atoms with E-state index in [1.54, 1.807) is 0 Å². The van der Waals surface area contributed by atoms with Crippen LogP contribution < -0.4 is 11.1 Å². The molecule has 0 bridgehead atoms. The van der Waals surface area contributed by atoms with Gasteiger partial charge in [-0.3, -0.25) is 9.69 Å². The van der Waals surface area contributed by atoms with E-state index in [-0.39, 0.29) is 17.5 Å². The zero-order valence-electron chi connectivity index (χ0n) is 11.5.